The molecule has 136 valence electrons. The van der Waals surface area contributed by atoms with Crippen molar-refractivity contribution in [2.75, 3.05) is 31.1 Å². The fourth-order valence-corrected chi connectivity index (χ4v) is 3.12. The molecular weight excluding hydrogens is 320 g/mol. The van der Waals surface area contributed by atoms with Gasteiger partial charge >= 0.3 is 0 Å². The smallest absolute Gasteiger partial charge is 0.224 e. The second-order valence-corrected chi connectivity index (χ2v) is 6.65. The van der Waals surface area contributed by atoms with Gasteiger partial charge in [-0.2, -0.15) is 0 Å². The molecule has 3 heterocycles. The van der Waals surface area contributed by atoms with E-state index in [4.69, 9.17) is 4.74 Å². The highest BCUT2D eigenvalue weighted by Gasteiger charge is 2.27. The van der Waals surface area contributed by atoms with E-state index in [0.29, 0.717) is 25.3 Å². The SMILES string of the molecule is CC(C)OCCCNC(=O)[C@@H]1CCCN(c2ncnc3nc[nH]c23)C1. The van der Waals surface area contributed by atoms with Gasteiger partial charge in [0, 0.05) is 26.2 Å². The Morgan fingerprint density at radius 2 is 2.32 bits per heavy atom. The summed E-state index contributed by atoms with van der Waals surface area (Å²) in [5, 5.41) is 3.03. The molecule has 0 radical (unpaired) electrons. The summed E-state index contributed by atoms with van der Waals surface area (Å²) < 4.78 is 5.49. The number of aromatic nitrogens is 4. The number of nitrogens with one attached hydrogen (secondary N) is 2. The van der Waals surface area contributed by atoms with Crippen LogP contribution in [0.25, 0.3) is 11.2 Å². The molecule has 2 N–H and O–H groups in total. The van der Waals surface area contributed by atoms with Crippen LogP contribution in [0.2, 0.25) is 0 Å². The molecule has 0 spiro atoms. The number of amides is 1. The second-order valence-electron chi connectivity index (χ2n) is 6.65. The number of hydrogen-bond acceptors (Lipinski definition) is 6. The molecule has 1 atom stereocenters. The van der Waals surface area contributed by atoms with E-state index in [0.717, 1.165) is 37.1 Å². The maximum absolute atomic E-state index is 12.5. The Morgan fingerprint density at radius 1 is 1.44 bits per heavy atom. The van der Waals surface area contributed by atoms with E-state index >= 15 is 0 Å². The first-order valence-corrected chi connectivity index (χ1v) is 8.93. The summed E-state index contributed by atoms with van der Waals surface area (Å²) in [6.45, 7) is 6.91. The van der Waals surface area contributed by atoms with Gasteiger partial charge in [-0.15, -0.1) is 0 Å². The Bertz CT molecular complexity index is 701. The van der Waals surface area contributed by atoms with Gasteiger partial charge in [0.2, 0.25) is 5.91 Å². The molecule has 2 aromatic heterocycles. The van der Waals surface area contributed by atoms with Crippen molar-refractivity contribution in [2.45, 2.75) is 39.2 Å². The highest BCUT2D eigenvalue weighted by atomic mass is 16.5. The van der Waals surface area contributed by atoms with Crippen LogP contribution in [0.1, 0.15) is 33.1 Å². The summed E-state index contributed by atoms with van der Waals surface area (Å²) in [4.78, 5) is 30.4. The molecule has 25 heavy (non-hydrogen) atoms. The number of H-pyrrole nitrogens is 1. The number of carbonyl (C=O) groups excluding carboxylic acids is 1. The number of carbonyl (C=O) groups is 1. The maximum atomic E-state index is 12.5. The van der Waals surface area contributed by atoms with Crippen LogP contribution < -0.4 is 10.2 Å². The van der Waals surface area contributed by atoms with Gasteiger partial charge in [0.05, 0.1) is 18.3 Å². The van der Waals surface area contributed by atoms with E-state index in [9.17, 15) is 4.79 Å². The molecule has 8 heteroatoms. The molecule has 1 aliphatic heterocycles. The van der Waals surface area contributed by atoms with Gasteiger partial charge in [0.25, 0.3) is 0 Å². The number of imidazole rings is 1. The Hall–Kier alpha value is -2.22. The predicted molar refractivity (Wildman–Crippen MR) is 95.3 cm³/mol. The molecule has 0 aliphatic carbocycles. The van der Waals surface area contributed by atoms with E-state index < -0.39 is 0 Å². The highest BCUT2D eigenvalue weighted by Crippen LogP contribution is 2.25. The molecule has 1 fully saturated rings. The fraction of sp³-hybridized carbons (Fsp3) is 0.647. The van der Waals surface area contributed by atoms with E-state index in [-0.39, 0.29) is 17.9 Å². The van der Waals surface area contributed by atoms with Crippen molar-refractivity contribution in [1.29, 1.82) is 0 Å². The number of aromatic amines is 1. The first kappa shape index (κ1) is 17.6. The zero-order valence-electron chi connectivity index (χ0n) is 14.9. The number of hydrogen-bond donors (Lipinski definition) is 2. The van der Waals surface area contributed by atoms with Crippen LogP contribution in [-0.4, -0.2) is 58.2 Å². The number of rotatable bonds is 7. The minimum atomic E-state index is -0.0206. The Morgan fingerprint density at radius 3 is 3.16 bits per heavy atom. The quantitative estimate of drug-likeness (QED) is 0.738. The van der Waals surface area contributed by atoms with Crippen molar-refractivity contribution < 1.29 is 9.53 Å². The molecule has 3 rings (SSSR count). The normalized spacial score (nSPS) is 18.0. The highest BCUT2D eigenvalue weighted by molar-refractivity contribution is 5.84. The first-order valence-electron chi connectivity index (χ1n) is 8.93. The van der Waals surface area contributed by atoms with Crippen LogP contribution >= 0.6 is 0 Å². The van der Waals surface area contributed by atoms with Crippen molar-refractivity contribution in [3.05, 3.63) is 12.7 Å². The van der Waals surface area contributed by atoms with E-state index in [1.54, 1.807) is 6.33 Å². The van der Waals surface area contributed by atoms with Gasteiger partial charge in [0.15, 0.2) is 11.5 Å². The number of anilines is 1. The summed E-state index contributed by atoms with van der Waals surface area (Å²) in [5.41, 5.74) is 1.48. The van der Waals surface area contributed by atoms with E-state index in [1.807, 2.05) is 13.8 Å². The van der Waals surface area contributed by atoms with Gasteiger partial charge in [-0.3, -0.25) is 4.79 Å². The molecule has 0 unspecified atom stereocenters. The Labute approximate surface area is 147 Å². The van der Waals surface area contributed by atoms with E-state index in [2.05, 4.69) is 30.2 Å². The third-order valence-electron chi connectivity index (χ3n) is 4.37. The van der Waals surface area contributed by atoms with Crippen molar-refractivity contribution in [1.82, 2.24) is 25.3 Å². The molecular formula is C17H26N6O2. The van der Waals surface area contributed by atoms with Crippen LogP contribution in [0.5, 0.6) is 0 Å². The number of nitrogens with zero attached hydrogens (tertiary/aromatic N) is 4. The molecule has 1 aliphatic rings. The molecule has 1 saturated heterocycles. The van der Waals surface area contributed by atoms with Crippen molar-refractivity contribution in [3.63, 3.8) is 0 Å². The third-order valence-corrected chi connectivity index (χ3v) is 4.37. The van der Waals surface area contributed by atoms with E-state index in [1.165, 1.54) is 6.33 Å². The van der Waals surface area contributed by atoms with Gasteiger partial charge in [-0.05, 0) is 33.1 Å². The lowest BCUT2D eigenvalue weighted by atomic mass is 9.97. The zero-order valence-corrected chi connectivity index (χ0v) is 14.9. The zero-order chi connectivity index (χ0) is 17.6. The Kier molecular flexibility index (Phi) is 5.80. The molecule has 1 amide bonds. The monoisotopic (exact) mass is 346 g/mol. The van der Waals surface area contributed by atoms with Gasteiger partial charge < -0.3 is 19.9 Å². The van der Waals surface area contributed by atoms with Crippen LogP contribution in [0.15, 0.2) is 12.7 Å². The summed E-state index contributed by atoms with van der Waals surface area (Å²) in [6, 6.07) is 0. The summed E-state index contributed by atoms with van der Waals surface area (Å²) >= 11 is 0. The average Bonchev–Trinajstić information content (AvgIpc) is 3.10. The van der Waals surface area contributed by atoms with Crippen molar-refractivity contribution in [2.24, 2.45) is 5.92 Å². The summed E-state index contributed by atoms with van der Waals surface area (Å²) in [5.74, 6) is 0.919. The third kappa shape index (κ3) is 4.45. The lowest BCUT2D eigenvalue weighted by Gasteiger charge is -2.32. The minimum absolute atomic E-state index is 0.0206. The van der Waals surface area contributed by atoms with Gasteiger partial charge in [-0.1, -0.05) is 0 Å². The van der Waals surface area contributed by atoms with Gasteiger partial charge in [0.1, 0.15) is 11.8 Å². The Balaban J connectivity index is 1.54. The molecule has 2 aromatic rings. The predicted octanol–water partition coefficient (Wildman–Crippen LogP) is 1.50. The van der Waals surface area contributed by atoms with Crippen molar-refractivity contribution in [3.8, 4) is 0 Å². The van der Waals surface area contributed by atoms with Crippen LogP contribution in [0.3, 0.4) is 0 Å². The number of fused-ring (bicyclic) bond motifs is 1. The standard InChI is InChI=1S/C17H26N6O2/c1-12(2)25-8-4-6-18-17(24)13-5-3-7-23(9-13)16-14-15(20-10-19-14)21-11-22-16/h10-13H,3-9H2,1-2H3,(H,18,24)(H,19,20,21,22)/t13-/m1/s1. The summed E-state index contributed by atoms with van der Waals surface area (Å²) in [7, 11) is 0. The second kappa shape index (κ2) is 8.24. The molecule has 0 aromatic carbocycles. The minimum Gasteiger partial charge on any atom is -0.379 e. The number of ether oxygens (including phenoxy) is 1. The van der Waals surface area contributed by atoms with Crippen LogP contribution in [0, 0.1) is 5.92 Å². The fourth-order valence-electron chi connectivity index (χ4n) is 3.12. The largest absolute Gasteiger partial charge is 0.379 e. The summed E-state index contributed by atoms with van der Waals surface area (Å²) in [6.07, 6.45) is 6.08. The van der Waals surface area contributed by atoms with Crippen LogP contribution in [0.4, 0.5) is 5.82 Å². The van der Waals surface area contributed by atoms with Crippen molar-refractivity contribution >= 4 is 22.9 Å². The lowest BCUT2D eigenvalue weighted by molar-refractivity contribution is -0.125. The average molecular weight is 346 g/mol. The lowest BCUT2D eigenvalue weighted by Crippen LogP contribution is -2.43. The molecule has 0 saturated carbocycles. The maximum Gasteiger partial charge on any atom is 0.224 e. The molecule has 8 nitrogen and oxygen atoms in total. The van der Waals surface area contributed by atoms with Crippen LogP contribution in [-0.2, 0) is 9.53 Å². The van der Waals surface area contributed by atoms with Gasteiger partial charge in [-0.25, -0.2) is 15.0 Å². The first-order chi connectivity index (χ1) is 12.1. The number of piperidine rings is 1. The topological polar surface area (TPSA) is 96.0 Å². The molecule has 0 bridgehead atoms.